The number of anilines is 1. The van der Waals surface area contributed by atoms with Crippen molar-refractivity contribution in [1.29, 1.82) is 0 Å². The quantitative estimate of drug-likeness (QED) is 0.694. The molecule has 4 heteroatoms. The average molecular weight is 357 g/mol. The van der Waals surface area contributed by atoms with Crippen LogP contribution < -0.4 is 4.90 Å². The Bertz CT molecular complexity index is 1090. The Morgan fingerprint density at radius 2 is 1.56 bits per heavy atom. The summed E-state index contributed by atoms with van der Waals surface area (Å²) in [6.07, 6.45) is 0.484. The minimum atomic E-state index is -0.841. The molecule has 4 nitrogen and oxygen atoms in total. The van der Waals surface area contributed by atoms with Crippen molar-refractivity contribution in [3.8, 4) is 11.5 Å². The zero-order chi connectivity index (χ0) is 18.8. The highest BCUT2D eigenvalue weighted by Gasteiger charge is 2.57. The number of aromatic hydroxyl groups is 2. The smallest absolute Gasteiger partial charge is 0.241 e. The van der Waals surface area contributed by atoms with Crippen molar-refractivity contribution >= 4 is 11.6 Å². The third kappa shape index (κ3) is 1.90. The van der Waals surface area contributed by atoms with Crippen LogP contribution >= 0.6 is 0 Å². The summed E-state index contributed by atoms with van der Waals surface area (Å²) in [4.78, 5) is 15.2. The monoisotopic (exact) mass is 357 g/mol. The molecule has 1 heterocycles. The Morgan fingerprint density at radius 1 is 0.889 bits per heavy atom. The SMILES string of the molecule is CN1C(=O)C2(CC(c3ccccc3O)c3c(O)cccc32)c2ccccc21. The van der Waals surface area contributed by atoms with Gasteiger partial charge in [-0.05, 0) is 35.7 Å². The molecule has 5 rings (SSSR count). The molecule has 2 N–H and O–H groups in total. The first kappa shape index (κ1) is 15.9. The summed E-state index contributed by atoms with van der Waals surface area (Å²) in [6.45, 7) is 0. The summed E-state index contributed by atoms with van der Waals surface area (Å²) in [6, 6.07) is 20.4. The molecule has 0 bridgehead atoms. The first-order valence-corrected chi connectivity index (χ1v) is 9.03. The number of benzene rings is 3. The first-order valence-electron chi connectivity index (χ1n) is 9.03. The Morgan fingerprint density at radius 3 is 2.37 bits per heavy atom. The lowest BCUT2D eigenvalue weighted by Crippen LogP contribution is -2.38. The van der Waals surface area contributed by atoms with Crippen LogP contribution in [0.25, 0.3) is 0 Å². The number of hydrogen-bond donors (Lipinski definition) is 2. The van der Waals surface area contributed by atoms with Crippen LogP contribution in [0.1, 0.15) is 34.6 Å². The highest BCUT2D eigenvalue weighted by molar-refractivity contribution is 6.11. The van der Waals surface area contributed by atoms with Crippen molar-refractivity contribution in [2.24, 2.45) is 0 Å². The van der Waals surface area contributed by atoms with Crippen molar-refractivity contribution in [2.45, 2.75) is 17.8 Å². The molecule has 1 aliphatic heterocycles. The highest BCUT2D eigenvalue weighted by Crippen LogP contribution is 2.60. The molecule has 0 saturated carbocycles. The lowest BCUT2D eigenvalue weighted by molar-refractivity contribution is -0.121. The van der Waals surface area contributed by atoms with Gasteiger partial charge in [-0.25, -0.2) is 0 Å². The van der Waals surface area contributed by atoms with Crippen LogP contribution in [0.3, 0.4) is 0 Å². The van der Waals surface area contributed by atoms with E-state index in [0.717, 1.165) is 27.9 Å². The number of carbonyl (C=O) groups excluding carboxylic acids is 1. The van der Waals surface area contributed by atoms with Crippen molar-refractivity contribution < 1.29 is 15.0 Å². The third-order valence-corrected chi connectivity index (χ3v) is 6.11. The van der Waals surface area contributed by atoms with Crippen molar-refractivity contribution in [3.63, 3.8) is 0 Å². The van der Waals surface area contributed by atoms with Gasteiger partial charge in [-0.1, -0.05) is 48.5 Å². The number of carbonyl (C=O) groups is 1. The number of rotatable bonds is 1. The molecule has 3 aromatic carbocycles. The van der Waals surface area contributed by atoms with Gasteiger partial charge in [0, 0.05) is 29.8 Å². The summed E-state index contributed by atoms with van der Waals surface area (Å²) in [5.74, 6) is 0.0951. The number of phenols is 2. The first-order chi connectivity index (χ1) is 13.1. The maximum Gasteiger partial charge on any atom is 0.241 e. The van der Waals surface area contributed by atoms with E-state index in [1.165, 1.54) is 0 Å². The number of hydrogen-bond acceptors (Lipinski definition) is 3. The number of likely N-dealkylation sites (N-methyl/N-ethyl adjacent to an activating group) is 1. The van der Waals surface area contributed by atoms with Gasteiger partial charge in [0.05, 0.1) is 0 Å². The fourth-order valence-corrected chi connectivity index (χ4v) is 4.95. The molecule has 0 saturated heterocycles. The number of fused-ring (bicyclic) bond motifs is 4. The molecule has 0 fully saturated rings. The molecule has 0 aromatic heterocycles. The van der Waals surface area contributed by atoms with Crippen LogP contribution in [0.4, 0.5) is 5.69 Å². The Labute approximate surface area is 157 Å². The van der Waals surface area contributed by atoms with E-state index in [4.69, 9.17) is 0 Å². The minimum absolute atomic E-state index is 0.00784. The van der Waals surface area contributed by atoms with Gasteiger partial charge in [-0.2, -0.15) is 0 Å². The van der Waals surface area contributed by atoms with Crippen LogP contribution in [0.15, 0.2) is 66.7 Å². The van der Waals surface area contributed by atoms with E-state index in [-0.39, 0.29) is 23.3 Å². The van der Waals surface area contributed by atoms with Crippen LogP contribution in [-0.4, -0.2) is 23.2 Å². The second-order valence-corrected chi connectivity index (χ2v) is 7.34. The van der Waals surface area contributed by atoms with E-state index in [0.29, 0.717) is 6.42 Å². The Balaban J connectivity index is 1.82. The molecule has 2 unspecified atom stereocenters. The average Bonchev–Trinajstić information content (AvgIpc) is 3.14. The maximum atomic E-state index is 13.5. The second kappa shape index (κ2) is 5.36. The summed E-state index contributed by atoms with van der Waals surface area (Å²) in [7, 11) is 1.80. The fourth-order valence-electron chi connectivity index (χ4n) is 4.95. The predicted molar refractivity (Wildman–Crippen MR) is 103 cm³/mol. The van der Waals surface area contributed by atoms with Crippen LogP contribution in [-0.2, 0) is 10.2 Å². The highest BCUT2D eigenvalue weighted by atomic mass is 16.3. The molecule has 3 aromatic rings. The molecule has 0 radical (unpaired) electrons. The summed E-state index contributed by atoms with van der Waals surface area (Å²) < 4.78 is 0. The standard InChI is InChI=1S/C23H19NO3/c1-24-18-10-4-3-8-16(18)23(22(24)27)13-15(14-7-2-5-11-19(14)25)21-17(23)9-6-12-20(21)26/h2-12,15,25-26H,13H2,1H3. The van der Waals surface area contributed by atoms with Gasteiger partial charge < -0.3 is 15.1 Å². The molecule has 2 aliphatic rings. The number of nitrogens with zero attached hydrogens (tertiary/aromatic N) is 1. The van der Waals surface area contributed by atoms with Crippen molar-refractivity contribution in [1.82, 2.24) is 0 Å². The molecule has 2 atom stereocenters. The van der Waals surface area contributed by atoms with Crippen LogP contribution in [0, 0.1) is 0 Å². The summed E-state index contributed by atoms with van der Waals surface area (Å²) in [5.41, 5.74) is 3.32. The van der Waals surface area contributed by atoms with E-state index in [9.17, 15) is 15.0 Å². The van der Waals surface area contributed by atoms with E-state index < -0.39 is 5.41 Å². The molecule has 1 aliphatic carbocycles. The Kier molecular flexibility index (Phi) is 3.17. The topological polar surface area (TPSA) is 60.8 Å². The number of para-hydroxylation sites is 2. The molecule has 1 amide bonds. The summed E-state index contributed by atoms with van der Waals surface area (Å²) in [5, 5.41) is 21.1. The van der Waals surface area contributed by atoms with Gasteiger partial charge in [0.25, 0.3) is 0 Å². The maximum absolute atomic E-state index is 13.5. The number of amides is 1. The van der Waals surface area contributed by atoms with Gasteiger partial charge >= 0.3 is 0 Å². The van der Waals surface area contributed by atoms with Gasteiger partial charge in [0.1, 0.15) is 16.9 Å². The van der Waals surface area contributed by atoms with Crippen LogP contribution in [0.5, 0.6) is 11.5 Å². The second-order valence-electron chi connectivity index (χ2n) is 7.34. The summed E-state index contributed by atoms with van der Waals surface area (Å²) >= 11 is 0. The zero-order valence-electron chi connectivity index (χ0n) is 14.9. The largest absolute Gasteiger partial charge is 0.508 e. The zero-order valence-corrected chi connectivity index (χ0v) is 14.9. The van der Waals surface area contributed by atoms with Crippen molar-refractivity contribution in [3.05, 3.63) is 89.0 Å². The lowest BCUT2D eigenvalue weighted by atomic mass is 9.75. The Hall–Kier alpha value is -3.27. The van der Waals surface area contributed by atoms with Gasteiger partial charge in [0.2, 0.25) is 5.91 Å². The van der Waals surface area contributed by atoms with Gasteiger partial charge in [-0.3, -0.25) is 4.79 Å². The lowest BCUT2D eigenvalue weighted by Gasteiger charge is -2.24. The van der Waals surface area contributed by atoms with E-state index in [1.807, 2.05) is 42.5 Å². The van der Waals surface area contributed by atoms with E-state index >= 15 is 0 Å². The molecule has 134 valence electrons. The molecule has 1 spiro atoms. The minimum Gasteiger partial charge on any atom is -0.508 e. The van der Waals surface area contributed by atoms with Crippen molar-refractivity contribution in [2.75, 3.05) is 11.9 Å². The number of phenolic OH excluding ortho intramolecular Hbond substituents is 2. The van der Waals surface area contributed by atoms with Gasteiger partial charge in [-0.15, -0.1) is 0 Å². The van der Waals surface area contributed by atoms with E-state index in [2.05, 4.69) is 0 Å². The van der Waals surface area contributed by atoms with E-state index in [1.54, 1.807) is 36.2 Å². The van der Waals surface area contributed by atoms with Crippen LogP contribution in [0.2, 0.25) is 0 Å². The molecular formula is C23H19NO3. The normalized spacial score (nSPS) is 22.9. The predicted octanol–water partition coefficient (Wildman–Crippen LogP) is 3.90. The van der Waals surface area contributed by atoms with Gasteiger partial charge in [0.15, 0.2) is 0 Å². The fraction of sp³-hybridized carbons (Fsp3) is 0.174. The third-order valence-electron chi connectivity index (χ3n) is 6.11. The molecular weight excluding hydrogens is 338 g/mol. The molecule has 27 heavy (non-hydrogen) atoms.